The molecule has 0 radical (unpaired) electrons. The standard InChI is InChI=1S/C32H34FN2PS.BrH/c1-3-25(2)31(35-32(37)34-28-21-19-27(33)20-22-28)24-36(29-15-9-5-10-16-29,30-17-11-6-12-18-30)23-26-13-7-4-8-14-26;/h4-22,25,31H,3,23-24H2,1-2H3,(H-,34,35,37);1H/t25-,31+;/m0./s1. The molecule has 0 unspecified atom stereocenters. The lowest BCUT2D eigenvalue weighted by Gasteiger charge is -2.34. The summed E-state index contributed by atoms with van der Waals surface area (Å²) in [7, 11) is -1.89. The molecule has 2 atom stereocenters. The van der Waals surface area contributed by atoms with Gasteiger partial charge in [-0.15, -0.1) is 0 Å². The summed E-state index contributed by atoms with van der Waals surface area (Å²) in [4.78, 5) is 0. The van der Waals surface area contributed by atoms with Gasteiger partial charge in [-0.25, -0.2) is 4.39 Å². The SMILES string of the molecule is CC[C@H](C)[C@@H](C[P+](Cc1ccccc1)(c1ccccc1)c1ccccc1)NC(=S)Nc1ccc(F)cc1.[Br-]. The van der Waals surface area contributed by atoms with Crippen LogP contribution in [0, 0.1) is 11.7 Å². The first-order valence-corrected chi connectivity index (χ1v) is 15.4. The average Bonchev–Trinajstić information content (AvgIpc) is 2.94. The Kier molecular flexibility index (Phi) is 11.5. The van der Waals surface area contributed by atoms with E-state index >= 15 is 0 Å². The minimum absolute atomic E-state index is 0. The quantitative estimate of drug-likeness (QED) is 0.206. The summed E-state index contributed by atoms with van der Waals surface area (Å²) in [6, 6.07) is 39.3. The predicted molar refractivity (Wildman–Crippen MR) is 163 cm³/mol. The molecule has 4 rings (SSSR count). The van der Waals surface area contributed by atoms with Crippen LogP contribution in [-0.4, -0.2) is 17.3 Å². The monoisotopic (exact) mass is 608 g/mol. The van der Waals surface area contributed by atoms with Crippen molar-refractivity contribution in [1.29, 1.82) is 0 Å². The topological polar surface area (TPSA) is 24.1 Å². The fourth-order valence-electron chi connectivity index (χ4n) is 4.79. The van der Waals surface area contributed by atoms with Gasteiger partial charge in [-0.05, 0) is 72.2 Å². The minimum Gasteiger partial charge on any atom is -1.00 e. The maximum Gasteiger partial charge on any atom is 0.171 e. The number of thiocarbonyl (C=S) groups is 1. The van der Waals surface area contributed by atoms with Gasteiger partial charge in [-0.3, -0.25) is 0 Å². The van der Waals surface area contributed by atoms with E-state index in [1.54, 1.807) is 12.1 Å². The van der Waals surface area contributed by atoms with Crippen molar-refractivity contribution >= 4 is 40.9 Å². The predicted octanol–water partition coefficient (Wildman–Crippen LogP) is 4.40. The molecule has 2 N–H and O–H groups in total. The van der Waals surface area contributed by atoms with Crippen LogP contribution < -0.4 is 38.2 Å². The number of hydrogen-bond donors (Lipinski definition) is 2. The Hall–Kier alpha value is -2.59. The highest BCUT2D eigenvalue weighted by Crippen LogP contribution is 2.60. The first-order valence-electron chi connectivity index (χ1n) is 12.9. The van der Waals surface area contributed by atoms with Crippen molar-refractivity contribution in [2.24, 2.45) is 5.92 Å². The highest BCUT2D eigenvalue weighted by molar-refractivity contribution is 7.88. The third-order valence-corrected chi connectivity index (χ3v) is 11.8. The van der Waals surface area contributed by atoms with E-state index in [0.29, 0.717) is 11.0 Å². The van der Waals surface area contributed by atoms with Crippen LogP contribution in [0.25, 0.3) is 0 Å². The molecule has 0 aliphatic carbocycles. The van der Waals surface area contributed by atoms with Crippen molar-refractivity contribution in [3.05, 3.63) is 127 Å². The first kappa shape index (κ1) is 30.0. The number of nitrogens with one attached hydrogen (secondary N) is 2. The van der Waals surface area contributed by atoms with Crippen molar-refractivity contribution < 1.29 is 21.4 Å². The molecule has 0 heterocycles. The smallest absolute Gasteiger partial charge is 0.171 e. The second-order valence-corrected chi connectivity index (χ2v) is 13.6. The fraction of sp³-hybridized carbons (Fsp3) is 0.219. The Morgan fingerprint density at radius 1 is 0.789 bits per heavy atom. The van der Waals surface area contributed by atoms with Gasteiger partial charge >= 0.3 is 0 Å². The van der Waals surface area contributed by atoms with Gasteiger partial charge in [0, 0.05) is 5.69 Å². The van der Waals surface area contributed by atoms with Crippen molar-refractivity contribution in [2.45, 2.75) is 32.5 Å². The van der Waals surface area contributed by atoms with Gasteiger partial charge in [0.25, 0.3) is 0 Å². The van der Waals surface area contributed by atoms with Crippen LogP contribution in [0.4, 0.5) is 10.1 Å². The summed E-state index contributed by atoms with van der Waals surface area (Å²) in [5, 5.41) is 10.3. The average molecular weight is 610 g/mol. The van der Waals surface area contributed by atoms with Gasteiger partial charge in [0.2, 0.25) is 0 Å². The third kappa shape index (κ3) is 7.72. The van der Waals surface area contributed by atoms with E-state index in [1.807, 2.05) is 0 Å². The van der Waals surface area contributed by atoms with Crippen LogP contribution in [0.5, 0.6) is 0 Å². The zero-order valence-corrected chi connectivity index (χ0v) is 25.2. The Morgan fingerprint density at radius 2 is 1.29 bits per heavy atom. The molecule has 2 nitrogen and oxygen atoms in total. The lowest BCUT2D eigenvalue weighted by atomic mass is 10.0. The first-order chi connectivity index (χ1) is 18.0. The highest BCUT2D eigenvalue weighted by atomic mass is 79.9. The molecule has 4 aromatic carbocycles. The Bertz CT molecular complexity index is 1220. The van der Waals surface area contributed by atoms with Gasteiger partial charge in [0.05, 0.1) is 36.2 Å². The molecule has 198 valence electrons. The second kappa shape index (κ2) is 14.5. The summed E-state index contributed by atoms with van der Waals surface area (Å²) >= 11 is 5.76. The molecule has 0 aromatic heterocycles. The lowest BCUT2D eigenvalue weighted by molar-refractivity contribution is -0.00000806. The van der Waals surface area contributed by atoms with Crippen molar-refractivity contribution in [3.63, 3.8) is 0 Å². The van der Waals surface area contributed by atoms with E-state index in [2.05, 4.69) is 115 Å². The molecule has 0 saturated heterocycles. The molecule has 0 saturated carbocycles. The van der Waals surface area contributed by atoms with Crippen molar-refractivity contribution in [3.8, 4) is 0 Å². The maximum atomic E-state index is 13.4. The molecule has 6 heteroatoms. The molecular weight excluding hydrogens is 574 g/mol. The van der Waals surface area contributed by atoms with Crippen molar-refractivity contribution in [2.75, 3.05) is 11.5 Å². The van der Waals surface area contributed by atoms with Gasteiger partial charge in [0.1, 0.15) is 5.82 Å². The number of benzene rings is 4. The Balaban J connectivity index is 0.00000400. The lowest BCUT2D eigenvalue weighted by Crippen LogP contribution is -3.00. The molecular formula is C32H35BrFN2PS. The molecule has 0 spiro atoms. The van der Waals surface area contributed by atoms with Gasteiger partial charge < -0.3 is 27.6 Å². The Labute approximate surface area is 243 Å². The van der Waals surface area contributed by atoms with Crippen LogP contribution in [-0.2, 0) is 6.16 Å². The van der Waals surface area contributed by atoms with Gasteiger partial charge in [0.15, 0.2) is 5.11 Å². The zero-order chi connectivity index (χ0) is 26.1. The van der Waals surface area contributed by atoms with E-state index < -0.39 is 7.26 Å². The summed E-state index contributed by atoms with van der Waals surface area (Å²) in [6.45, 7) is 4.53. The van der Waals surface area contributed by atoms with Crippen molar-refractivity contribution in [1.82, 2.24) is 5.32 Å². The maximum absolute atomic E-state index is 13.4. The van der Waals surface area contributed by atoms with E-state index in [1.165, 1.54) is 28.3 Å². The second-order valence-electron chi connectivity index (χ2n) is 9.56. The number of rotatable bonds is 10. The fourth-order valence-corrected chi connectivity index (χ4v) is 9.71. The van der Waals surface area contributed by atoms with Crippen LogP contribution >= 0.6 is 19.5 Å². The van der Waals surface area contributed by atoms with Crippen LogP contribution in [0.1, 0.15) is 25.8 Å². The number of anilines is 1. The van der Waals surface area contributed by atoms with Crippen LogP contribution in [0.15, 0.2) is 115 Å². The van der Waals surface area contributed by atoms with Crippen LogP contribution in [0.3, 0.4) is 0 Å². The normalized spacial score (nSPS) is 12.6. The molecule has 0 bridgehead atoms. The number of hydrogen-bond acceptors (Lipinski definition) is 1. The zero-order valence-electron chi connectivity index (χ0n) is 21.9. The highest BCUT2D eigenvalue weighted by Gasteiger charge is 2.45. The molecule has 0 aliphatic rings. The summed E-state index contributed by atoms with van der Waals surface area (Å²) in [6.07, 6.45) is 2.98. The van der Waals surface area contributed by atoms with E-state index in [9.17, 15) is 4.39 Å². The van der Waals surface area contributed by atoms with Gasteiger partial charge in [-0.1, -0.05) is 87.0 Å². The molecule has 0 aliphatic heterocycles. The van der Waals surface area contributed by atoms with E-state index in [0.717, 1.165) is 24.4 Å². The summed E-state index contributed by atoms with van der Waals surface area (Å²) in [5.41, 5.74) is 2.12. The van der Waals surface area contributed by atoms with E-state index in [-0.39, 0.29) is 28.8 Å². The summed E-state index contributed by atoms with van der Waals surface area (Å²) in [5.74, 6) is 0.138. The third-order valence-electron chi connectivity index (χ3n) is 7.05. The Morgan fingerprint density at radius 3 is 1.79 bits per heavy atom. The van der Waals surface area contributed by atoms with E-state index in [4.69, 9.17) is 12.2 Å². The largest absolute Gasteiger partial charge is 1.00 e. The van der Waals surface area contributed by atoms with Crippen LogP contribution in [0.2, 0.25) is 0 Å². The summed E-state index contributed by atoms with van der Waals surface area (Å²) < 4.78 is 13.4. The van der Waals surface area contributed by atoms with Gasteiger partial charge in [-0.2, -0.15) is 0 Å². The molecule has 38 heavy (non-hydrogen) atoms. The molecule has 0 fully saturated rings. The molecule has 0 amide bonds. The molecule has 4 aromatic rings. The minimum atomic E-state index is -1.89. The number of halogens is 2.